The predicted molar refractivity (Wildman–Crippen MR) is 126 cm³/mol. The van der Waals surface area contributed by atoms with Crippen molar-refractivity contribution in [2.75, 3.05) is 5.75 Å². The van der Waals surface area contributed by atoms with Crippen LogP contribution in [0.15, 0.2) is 30.3 Å². The first-order valence-electron chi connectivity index (χ1n) is 10.5. The summed E-state index contributed by atoms with van der Waals surface area (Å²) in [7, 11) is 0. The molecule has 0 spiro atoms. The average Bonchev–Trinajstić information content (AvgIpc) is 2.64. The molecule has 2 amide bonds. The van der Waals surface area contributed by atoms with Crippen molar-refractivity contribution in [3.63, 3.8) is 0 Å². The van der Waals surface area contributed by atoms with Gasteiger partial charge in [-0.05, 0) is 47.1 Å². The van der Waals surface area contributed by atoms with Crippen molar-refractivity contribution in [3.8, 4) is 0 Å². The number of esters is 1. The lowest BCUT2D eigenvalue weighted by Gasteiger charge is -2.25. The first-order valence-corrected chi connectivity index (χ1v) is 11.7. The molecular formula is C23H34N2O7S. The summed E-state index contributed by atoms with van der Waals surface area (Å²) in [4.78, 5) is 49.0. The van der Waals surface area contributed by atoms with Gasteiger partial charge in [-0.25, -0.2) is 9.59 Å². The summed E-state index contributed by atoms with van der Waals surface area (Å²) in [6.45, 7) is 9.98. The van der Waals surface area contributed by atoms with Crippen molar-refractivity contribution < 1.29 is 33.8 Å². The van der Waals surface area contributed by atoms with Gasteiger partial charge in [-0.2, -0.15) is 11.8 Å². The number of thioether (sulfide) groups is 1. The number of rotatable bonds is 10. The van der Waals surface area contributed by atoms with Crippen LogP contribution in [0.2, 0.25) is 0 Å². The molecule has 0 bridgehead atoms. The molecule has 0 aromatic heterocycles. The minimum Gasteiger partial charge on any atom is -0.480 e. The van der Waals surface area contributed by atoms with Gasteiger partial charge in [0.2, 0.25) is 5.91 Å². The number of benzene rings is 1. The second kappa shape index (κ2) is 12.5. The zero-order valence-corrected chi connectivity index (χ0v) is 20.8. The Morgan fingerprint density at radius 3 is 2.00 bits per heavy atom. The maximum absolute atomic E-state index is 12.8. The van der Waals surface area contributed by atoms with Crippen molar-refractivity contribution in [2.45, 2.75) is 77.0 Å². The van der Waals surface area contributed by atoms with Crippen molar-refractivity contribution in [1.29, 1.82) is 0 Å². The third-order valence-electron chi connectivity index (χ3n) is 3.81. The number of nitrogens with one attached hydrogen (secondary N) is 2. The topological polar surface area (TPSA) is 131 Å². The van der Waals surface area contributed by atoms with E-state index >= 15 is 0 Å². The van der Waals surface area contributed by atoms with Gasteiger partial charge in [0.15, 0.2) is 0 Å². The van der Waals surface area contributed by atoms with Crippen LogP contribution in [0, 0.1) is 0 Å². The monoisotopic (exact) mass is 482 g/mol. The number of amides is 2. The molecule has 2 atom stereocenters. The summed E-state index contributed by atoms with van der Waals surface area (Å²) in [5.74, 6) is -2.10. The van der Waals surface area contributed by atoms with E-state index in [0.29, 0.717) is 5.75 Å². The molecular weight excluding hydrogens is 448 g/mol. The zero-order chi connectivity index (χ0) is 25.2. The lowest BCUT2D eigenvalue weighted by molar-refractivity contribution is -0.156. The standard InChI is InChI=1S/C23H34N2O7S/c1-22(2,3)31-18(26)12-16(25-21(30)32-23(4,5)6)19(27)24-17(20(28)29)14-33-13-15-10-8-7-9-11-15/h7-11,16-17H,12-14H2,1-6H3,(H,24,27)(H,25,30)(H,28,29)/t16-,17-/m0/s1. The van der Waals surface area contributed by atoms with Crippen LogP contribution in [0.5, 0.6) is 0 Å². The fourth-order valence-corrected chi connectivity index (χ4v) is 3.53. The van der Waals surface area contributed by atoms with Gasteiger partial charge in [-0.15, -0.1) is 0 Å². The Morgan fingerprint density at radius 1 is 0.909 bits per heavy atom. The highest BCUT2D eigenvalue weighted by molar-refractivity contribution is 7.98. The van der Waals surface area contributed by atoms with Crippen LogP contribution in [-0.2, 0) is 29.6 Å². The Kier molecular flexibility index (Phi) is 10.7. The number of alkyl carbamates (subject to hydrolysis) is 1. The van der Waals surface area contributed by atoms with E-state index in [1.807, 2.05) is 30.3 Å². The zero-order valence-electron chi connectivity index (χ0n) is 20.0. The van der Waals surface area contributed by atoms with E-state index in [9.17, 15) is 24.3 Å². The van der Waals surface area contributed by atoms with E-state index in [0.717, 1.165) is 5.56 Å². The van der Waals surface area contributed by atoms with Gasteiger partial charge < -0.3 is 25.2 Å². The number of ether oxygens (including phenoxy) is 2. The van der Waals surface area contributed by atoms with Crippen LogP contribution in [0.1, 0.15) is 53.5 Å². The number of carbonyl (C=O) groups is 4. The van der Waals surface area contributed by atoms with Gasteiger partial charge in [0.05, 0.1) is 6.42 Å². The largest absolute Gasteiger partial charge is 0.480 e. The van der Waals surface area contributed by atoms with Gasteiger partial charge in [0.25, 0.3) is 0 Å². The average molecular weight is 483 g/mol. The third kappa shape index (κ3) is 12.8. The minimum absolute atomic E-state index is 0.0988. The first-order chi connectivity index (χ1) is 15.2. The van der Waals surface area contributed by atoms with Gasteiger partial charge in [-0.1, -0.05) is 30.3 Å². The quantitative estimate of drug-likeness (QED) is 0.434. The van der Waals surface area contributed by atoms with E-state index in [1.54, 1.807) is 41.5 Å². The second-order valence-corrected chi connectivity index (χ2v) is 10.4. The number of carboxylic acid groups (broad SMARTS) is 1. The first kappa shape index (κ1) is 28.3. The molecule has 1 aromatic rings. The lowest BCUT2D eigenvalue weighted by atomic mass is 10.1. The van der Waals surface area contributed by atoms with E-state index in [4.69, 9.17) is 9.47 Å². The molecule has 10 heteroatoms. The predicted octanol–water partition coefficient (Wildman–Crippen LogP) is 3.11. The minimum atomic E-state index is -1.37. The summed E-state index contributed by atoms with van der Waals surface area (Å²) < 4.78 is 10.4. The number of carbonyl (C=O) groups excluding carboxylic acids is 3. The SMILES string of the molecule is CC(C)(C)OC(=O)C[C@H](NC(=O)OC(C)(C)C)C(=O)N[C@@H](CSCc1ccccc1)C(=O)O. The summed E-state index contributed by atoms with van der Waals surface area (Å²) in [6, 6.07) is 6.91. The Bertz CT molecular complexity index is 786. The fraction of sp³-hybridized carbons (Fsp3) is 0.565. The van der Waals surface area contributed by atoms with E-state index in [1.165, 1.54) is 11.8 Å². The molecule has 0 radical (unpaired) electrons. The molecule has 1 rings (SSSR count). The second-order valence-electron chi connectivity index (χ2n) is 9.39. The van der Waals surface area contributed by atoms with Crippen LogP contribution < -0.4 is 10.6 Å². The van der Waals surface area contributed by atoms with Crippen molar-refractivity contribution >= 4 is 35.7 Å². The van der Waals surface area contributed by atoms with Crippen molar-refractivity contribution in [3.05, 3.63) is 35.9 Å². The summed E-state index contributed by atoms with van der Waals surface area (Å²) in [6.07, 6.45) is -1.39. The molecule has 0 saturated carbocycles. The highest BCUT2D eigenvalue weighted by atomic mass is 32.2. The van der Waals surface area contributed by atoms with Crippen LogP contribution in [0.25, 0.3) is 0 Å². The number of aliphatic carboxylic acids is 1. The Morgan fingerprint density at radius 2 is 1.48 bits per heavy atom. The maximum atomic E-state index is 12.8. The van der Waals surface area contributed by atoms with Gasteiger partial charge >= 0.3 is 18.0 Å². The smallest absolute Gasteiger partial charge is 0.408 e. The maximum Gasteiger partial charge on any atom is 0.408 e. The summed E-state index contributed by atoms with van der Waals surface area (Å²) >= 11 is 1.34. The molecule has 9 nitrogen and oxygen atoms in total. The highest BCUT2D eigenvalue weighted by Crippen LogP contribution is 2.14. The van der Waals surface area contributed by atoms with Gasteiger partial charge in [0.1, 0.15) is 23.3 Å². The molecule has 33 heavy (non-hydrogen) atoms. The van der Waals surface area contributed by atoms with Gasteiger partial charge in [0, 0.05) is 11.5 Å². The molecule has 3 N–H and O–H groups in total. The van der Waals surface area contributed by atoms with Crippen molar-refractivity contribution in [1.82, 2.24) is 10.6 Å². The number of hydrogen-bond acceptors (Lipinski definition) is 7. The molecule has 1 aromatic carbocycles. The Labute approximate surface area is 199 Å². The third-order valence-corrected chi connectivity index (χ3v) is 4.92. The van der Waals surface area contributed by atoms with Crippen LogP contribution >= 0.6 is 11.8 Å². The molecule has 0 saturated heterocycles. The van der Waals surface area contributed by atoms with E-state index in [2.05, 4.69) is 10.6 Å². The van der Waals surface area contributed by atoms with E-state index < -0.39 is 53.6 Å². The van der Waals surface area contributed by atoms with Crippen LogP contribution in [0.3, 0.4) is 0 Å². The van der Waals surface area contributed by atoms with Crippen molar-refractivity contribution in [2.24, 2.45) is 0 Å². The summed E-state index contributed by atoms with van der Waals surface area (Å²) in [5, 5.41) is 14.3. The molecule has 0 aliphatic carbocycles. The Hall–Kier alpha value is -2.75. The molecule has 0 fully saturated rings. The van der Waals surface area contributed by atoms with Crippen LogP contribution in [0.4, 0.5) is 4.79 Å². The highest BCUT2D eigenvalue weighted by Gasteiger charge is 2.31. The fourth-order valence-electron chi connectivity index (χ4n) is 2.52. The molecule has 0 unspecified atom stereocenters. The van der Waals surface area contributed by atoms with Gasteiger partial charge in [-0.3, -0.25) is 9.59 Å². The Balaban J connectivity index is 2.84. The molecule has 0 aliphatic rings. The van der Waals surface area contributed by atoms with E-state index in [-0.39, 0.29) is 5.75 Å². The normalized spacial score (nSPS) is 13.4. The molecule has 184 valence electrons. The lowest BCUT2D eigenvalue weighted by Crippen LogP contribution is -2.54. The molecule has 0 heterocycles. The number of carboxylic acids is 1. The summed E-state index contributed by atoms with van der Waals surface area (Å²) in [5.41, 5.74) is -0.594. The van der Waals surface area contributed by atoms with Crippen LogP contribution in [-0.4, -0.2) is 58.1 Å². The molecule has 0 aliphatic heterocycles. The number of hydrogen-bond donors (Lipinski definition) is 3.